The molecule has 0 saturated carbocycles. The summed E-state index contributed by atoms with van der Waals surface area (Å²) >= 11 is 3.29. The van der Waals surface area contributed by atoms with Crippen LogP contribution in [0, 0.1) is 5.92 Å². The van der Waals surface area contributed by atoms with Crippen LogP contribution in [0.4, 0.5) is 5.69 Å². The van der Waals surface area contributed by atoms with E-state index in [2.05, 4.69) is 35.1 Å². The van der Waals surface area contributed by atoms with E-state index >= 15 is 0 Å². The summed E-state index contributed by atoms with van der Waals surface area (Å²) < 4.78 is 0.617. The molecule has 0 amide bonds. The summed E-state index contributed by atoms with van der Waals surface area (Å²) in [7, 11) is 0. The lowest BCUT2D eigenvalue weighted by molar-refractivity contribution is 0.0697. The third kappa shape index (κ3) is 4.86. The van der Waals surface area contributed by atoms with Crippen molar-refractivity contribution < 1.29 is 9.90 Å². The van der Waals surface area contributed by atoms with E-state index in [0.717, 1.165) is 13.0 Å². The minimum Gasteiger partial charge on any atom is -0.478 e. The Balaban J connectivity index is 2.71. The fourth-order valence-electron chi connectivity index (χ4n) is 2.09. The molecule has 1 aromatic rings. The number of carboxylic acid groups (broad SMARTS) is 1. The van der Waals surface area contributed by atoms with Gasteiger partial charge >= 0.3 is 5.97 Å². The Morgan fingerprint density at radius 2 is 2.16 bits per heavy atom. The summed E-state index contributed by atoms with van der Waals surface area (Å²) in [6, 6.07) is 5.43. The first-order valence-corrected chi connectivity index (χ1v) is 7.65. The molecule has 0 bridgehead atoms. The van der Waals surface area contributed by atoms with Gasteiger partial charge in [-0.1, -0.05) is 39.2 Å². The van der Waals surface area contributed by atoms with E-state index in [0.29, 0.717) is 21.6 Å². The number of benzene rings is 1. The molecule has 0 fully saturated rings. The summed E-state index contributed by atoms with van der Waals surface area (Å²) in [6.07, 6.45) is 4.73. The van der Waals surface area contributed by atoms with Gasteiger partial charge in [0, 0.05) is 16.7 Å². The van der Waals surface area contributed by atoms with Crippen LogP contribution in [0.15, 0.2) is 22.7 Å². The Bertz CT molecular complexity index is 421. The number of rotatable bonds is 8. The van der Waals surface area contributed by atoms with Crippen LogP contribution in [0.5, 0.6) is 0 Å². The monoisotopic (exact) mass is 327 g/mol. The van der Waals surface area contributed by atoms with Crippen molar-refractivity contribution in [1.29, 1.82) is 0 Å². The summed E-state index contributed by atoms with van der Waals surface area (Å²) in [5.41, 5.74) is 1.00. The van der Waals surface area contributed by atoms with E-state index in [4.69, 9.17) is 0 Å². The van der Waals surface area contributed by atoms with Gasteiger partial charge in [-0.25, -0.2) is 4.79 Å². The van der Waals surface area contributed by atoms with Crippen LogP contribution in [-0.2, 0) is 0 Å². The Morgan fingerprint density at radius 3 is 2.74 bits per heavy atom. The highest BCUT2D eigenvalue weighted by Gasteiger charge is 2.14. The number of aromatic carboxylic acids is 1. The second kappa shape index (κ2) is 8.20. The number of carboxylic acids is 1. The van der Waals surface area contributed by atoms with Gasteiger partial charge in [-0.2, -0.15) is 0 Å². The fraction of sp³-hybridized carbons (Fsp3) is 0.533. The van der Waals surface area contributed by atoms with Gasteiger partial charge in [-0.3, -0.25) is 0 Å². The molecule has 4 heteroatoms. The maximum Gasteiger partial charge on any atom is 0.338 e. The molecule has 1 unspecified atom stereocenters. The van der Waals surface area contributed by atoms with Crippen molar-refractivity contribution >= 4 is 27.6 Å². The molecule has 0 aliphatic rings. The molecule has 0 aliphatic carbocycles. The Hall–Kier alpha value is -1.03. The van der Waals surface area contributed by atoms with Crippen LogP contribution in [0.3, 0.4) is 0 Å². The zero-order chi connectivity index (χ0) is 14.3. The maximum absolute atomic E-state index is 11.3. The second-order valence-corrected chi connectivity index (χ2v) is 5.62. The first-order chi connectivity index (χ1) is 9.10. The highest BCUT2D eigenvalue weighted by molar-refractivity contribution is 9.10. The maximum atomic E-state index is 11.3. The molecule has 3 nitrogen and oxygen atoms in total. The number of unbranched alkanes of at least 4 members (excludes halogenated alkanes) is 1. The average molecular weight is 328 g/mol. The van der Waals surface area contributed by atoms with Gasteiger partial charge in [0.2, 0.25) is 0 Å². The molecule has 1 atom stereocenters. The smallest absolute Gasteiger partial charge is 0.338 e. The van der Waals surface area contributed by atoms with Gasteiger partial charge in [0.25, 0.3) is 0 Å². The molecule has 1 rings (SSSR count). The lowest BCUT2D eigenvalue weighted by Crippen LogP contribution is -2.16. The molecule has 0 aromatic heterocycles. The molecule has 0 heterocycles. The molecule has 0 radical (unpaired) electrons. The van der Waals surface area contributed by atoms with Crippen molar-refractivity contribution in [3.63, 3.8) is 0 Å². The lowest BCUT2D eigenvalue weighted by Gasteiger charge is -2.17. The predicted molar refractivity (Wildman–Crippen MR) is 82.9 cm³/mol. The van der Waals surface area contributed by atoms with Gasteiger partial charge in [0.15, 0.2) is 0 Å². The molecule has 2 N–H and O–H groups in total. The van der Waals surface area contributed by atoms with E-state index in [9.17, 15) is 9.90 Å². The molecule has 0 aliphatic heterocycles. The summed E-state index contributed by atoms with van der Waals surface area (Å²) in [6.45, 7) is 5.20. The third-order valence-corrected chi connectivity index (χ3v) is 4.01. The van der Waals surface area contributed by atoms with E-state index in [-0.39, 0.29) is 0 Å². The number of hydrogen-bond acceptors (Lipinski definition) is 2. The van der Waals surface area contributed by atoms with Crippen LogP contribution in [0.25, 0.3) is 0 Å². The minimum atomic E-state index is -0.906. The average Bonchev–Trinajstić information content (AvgIpc) is 2.38. The van der Waals surface area contributed by atoms with Crippen molar-refractivity contribution in [1.82, 2.24) is 0 Å². The predicted octanol–water partition coefficient (Wildman–Crippen LogP) is 4.78. The first-order valence-electron chi connectivity index (χ1n) is 6.85. The number of halogens is 1. The van der Waals surface area contributed by atoms with Gasteiger partial charge in [-0.05, 0) is 40.4 Å². The van der Waals surface area contributed by atoms with Crippen molar-refractivity contribution in [3.8, 4) is 0 Å². The molecule has 0 spiro atoms. The molecule has 1 aromatic carbocycles. The van der Waals surface area contributed by atoms with Gasteiger partial charge in [0.1, 0.15) is 0 Å². The number of carbonyl (C=O) groups is 1. The topological polar surface area (TPSA) is 49.3 Å². The van der Waals surface area contributed by atoms with E-state index in [1.165, 1.54) is 19.3 Å². The Kier molecular flexibility index (Phi) is 6.92. The number of nitrogens with one attached hydrogen (secondary N) is 1. The second-order valence-electron chi connectivity index (χ2n) is 4.76. The highest BCUT2D eigenvalue weighted by atomic mass is 79.9. The van der Waals surface area contributed by atoms with E-state index < -0.39 is 5.97 Å². The first kappa shape index (κ1) is 16.0. The quantitative estimate of drug-likeness (QED) is 0.722. The molecule has 19 heavy (non-hydrogen) atoms. The zero-order valence-electron chi connectivity index (χ0n) is 11.6. The van der Waals surface area contributed by atoms with E-state index in [1.54, 1.807) is 6.07 Å². The van der Waals surface area contributed by atoms with Gasteiger partial charge in [-0.15, -0.1) is 0 Å². The molecular weight excluding hydrogens is 306 g/mol. The molecule has 106 valence electrons. The van der Waals surface area contributed by atoms with Crippen LogP contribution in [0.1, 0.15) is 49.9 Å². The number of hydrogen-bond donors (Lipinski definition) is 2. The summed E-state index contributed by atoms with van der Waals surface area (Å²) in [4.78, 5) is 11.3. The summed E-state index contributed by atoms with van der Waals surface area (Å²) in [5.74, 6) is -0.308. The SMILES string of the molecule is CCCCC(CC)CNc1cccc(Br)c1C(=O)O. The van der Waals surface area contributed by atoms with Crippen molar-refractivity contribution in [2.75, 3.05) is 11.9 Å². The highest BCUT2D eigenvalue weighted by Crippen LogP contribution is 2.25. The Labute approximate surface area is 123 Å². The zero-order valence-corrected chi connectivity index (χ0v) is 13.2. The third-order valence-electron chi connectivity index (χ3n) is 3.35. The van der Waals surface area contributed by atoms with Crippen molar-refractivity contribution in [2.45, 2.75) is 39.5 Å². The van der Waals surface area contributed by atoms with Gasteiger partial charge in [0.05, 0.1) is 5.56 Å². The van der Waals surface area contributed by atoms with Crippen LogP contribution in [0.2, 0.25) is 0 Å². The minimum absolute atomic E-state index is 0.313. The van der Waals surface area contributed by atoms with E-state index in [1.807, 2.05) is 12.1 Å². The van der Waals surface area contributed by atoms with Crippen molar-refractivity contribution in [3.05, 3.63) is 28.2 Å². The standard InChI is InChI=1S/C15H22BrNO2/c1-3-5-7-11(4-2)10-17-13-9-6-8-12(16)14(13)15(18)19/h6,8-9,11,17H,3-5,7,10H2,1-2H3,(H,18,19). The van der Waals surface area contributed by atoms with Crippen molar-refractivity contribution in [2.24, 2.45) is 5.92 Å². The summed E-state index contributed by atoms with van der Waals surface area (Å²) in [5, 5.41) is 12.5. The molecule has 0 saturated heterocycles. The van der Waals surface area contributed by atoms with Crippen LogP contribution < -0.4 is 5.32 Å². The Morgan fingerprint density at radius 1 is 1.42 bits per heavy atom. The van der Waals surface area contributed by atoms with Crippen LogP contribution >= 0.6 is 15.9 Å². The van der Waals surface area contributed by atoms with Gasteiger partial charge < -0.3 is 10.4 Å². The number of anilines is 1. The lowest BCUT2D eigenvalue weighted by atomic mass is 9.99. The normalized spacial score (nSPS) is 12.2. The molecular formula is C15H22BrNO2. The van der Waals surface area contributed by atoms with Crippen LogP contribution in [-0.4, -0.2) is 17.6 Å². The largest absolute Gasteiger partial charge is 0.478 e. The fourth-order valence-corrected chi connectivity index (χ4v) is 2.62.